The van der Waals surface area contributed by atoms with Crippen molar-refractivity contribution in [2.75, 3.05) is 0 Å². The molecule has 0 amide bonds. The van der Waals surface area contributed by atoms with E-state index >= 15 is 0 Å². The summed E-state index contributed by atoms with van der Waals surface area (Å²) in [5.41, 5.74) is 0.659. The second-order valence-corrected chi connectivity index (χ2v) is 6.83. The van der Waals surface area contributed by atoms with Crippen molar-refractivity contribution in [3.63, 3.8) is 0 Å². The van der Waals surface area contributed by atoms with Gasteiger partial charge in [-0.25, -0.2) is 13.1 Å². The van der Waals surface area contributed by atoms with Gasteiger partial charge in [-0.3, -0.25) is 0 Å². The SMILES string of the molecule is Cc1ccc(Cl)cc1S(=O)(=O)NC(C)Cc1ccco1. The van der Waals surface area contributed by atoms with Gasteiger partial charge in [0.05, 0.1) is 11.2 Å². The lowest BCUT2D eigenvalue weighted by Gasteiger charge is -2.14. The van der Waals surface area contributed by atoms with Crippen LogP contribution in [0.5, 0.6) is 0 Å². The molecule has 0 aliphatic carbocycles. The molecule has 0 saturated heterocycles. The van der Waals surface area contributed by atoms with Gasteiger partial charge in [0.1, 0.15) is 5.76 Å². The van der Waals surface area contributed by atoms with Crippen molar-refractivity contribution in [3.8, 4) is 0 Å². The minimum atomic E-state index is -3.59. The Morgan fingerprint density at radius 1 is 1.35 bits per heavy atom. The molecule has 0 spiro atoms. The standard InChI is InChI=1S/C14H16ClNO3S/c1-10-5-6-12(15)9-14(10)20(17,18)16-11(2)8-13-4-3-7-19-13/h3-7,9,11,16H,8H2,1-2H3. The van der Waals surface area contributed by atoms with E-state index in [0.717, 1.165) is 5.76 Å². The Kier molecular flexibility index (Phi) is 4.52. The molecule has 0 aliphatic heterocycles. The average Bonchev–Trinajstić information content (AvgIpc) is 2.84. The molecule has 0 saturated carbocycles. The number of rotatable bonds is 5. The van der Waals surface area contributed by atoms with E-state index in [1.54, 1.807) is 38.3 Å². The van der Waals surface area contributed by atoms with E-state index in [1.807, 2.05) is 6.07 Å². The molecular weight excluding hydrogens is 298 g/mol. The molecule has 1 N–H and O–H groups in total. The fourth-order valence-electron chi connectivity index (χ4n) is 1.96. The Bertz CT molecular complexity index is 680. The largest absolute Gasteiger partial charge is 0.469 e. The van der Waals surface area contributed by atoms with E-state index in [-0.39, 0.29) is 10.9 Å². The van der Waals surface area contributed by atoms with Gasteiger partial charge < -0.3 is 4.42 Å². The molecule has 0 bridgehead atoms. The topological polar surface area (TPSA) is 59.3 Å². The van der Waals surface area contributed by atoms with Crippen LogP contribution in [0.1, 0.15) is 18.2 Å². The van der Waals surface area contributed by atoms with Gasteiger partial charge in [-0.05, 0) is 43.7 Å². The summed E-state index contributed by atoms with van der Waals surface area (Å²) >= 11 is 5.87. The van der Waals surface area contributed by atoms with Crippen LogP contribution >= 0.6 is 11.6 Å². The lowest BCUT2D eigenvalue weighted by Crippen LogP contribution is -2.34. The number of sulfonamides is 1. The van der Waals surface area contributed by atoms with Crippen LogP contribution in [0.15, 0.2) is 45.9 Å². The molecule has 108 valence electrons. The first-order valence-corrected chi connectivity index (χ1v) is 8.05. The Morgan fingerprint density at radius 2 is 2.10 bits per heavy atom. The maximum atomic E-state index is 12.3. The molecule has 1 unspecified atom stereocenters. The number of hydrogen-bond acceptors (Lipinski definition) is 3. The third-order valence-electron chi connectivity index (χ3n) is 2.88. The fourth-order valence-corrected chi connectivity index (χ4v) is 3.71. The molecule has 4 nitrogen and oxygen atoms in total. The molecule has 6 heteroatoms. The van der Waals surface area contributed by atoms with E-state index in [4.69, 9.17) is 16.0 Å². The van der Waals surface area contributed by atoms with Gasteiger partial charge in [-0.1, -0.05) is 17.7 Å². The second-order valence-electron chi connectivity index (χ2n) is 4.72. The summed E-state index contributed by atoms with van der Waals surface area (Å²) in [7, 11) is -3.59. The third-order valence-corrected chi connectivity index (χ3v) is 4.85. The van der Waals surface area contributed by atoms with Crippen LogP contribution in [0, 0.1) is 6.92 Å². The highest BCUT2D eigenvalue weighted by Crippen LogP contribution is 2.20. The van der Waals surface area contributed by atoms with Gasteiger partial charge in [-0.2, -0.15) is 0 Å². The zero-order valence-electron chi connectivity index (χ0n) is 11.3. The zero-order valence-corrected chi connectivity index (χ0v) is 12.8. The van der Waals surface area contributed by atoms with Gasteiger partial charge in [0.25, 0.3) is 0 Å². The van der Waals surface area contributed by atoms with Gasteiger partial charge >= 0.3 is 0 Å². The van der Waals surface area contributed by atoms with Crippen molar-refractivity contribution in [1.82, 2.24) is 4.72 Å². The van der Waals surface area contributed by atoms with Crippen molar-refractivity contribution in [1.29, 1.82) is 0 Å². The first-order valence-electron chi connectivity index (χ1n) is 6.19. The Balaban J connectivity index is 2.16. The van der Waals surface area contributed by atoms with E-state index in [2.05, 4.69) is 4.72 Å². The number of benzene rings is 1. The van der Waals surface area contributed by atoms with Gasteiger partial charge in [0, 0.05) is 17.5 Å². The van der Waals surface area contributed by atoms with E-state index in [0.29, 0.717) is 17.0 Å². The lowest BCUT2D eigenvalue weighted by molar-refractivity contribution is 0.479. The molecule has 20 heavy (non-hydrogen) atoms. The van der Waals surface area contributed by atoms with E-state index < -0.39 is 10.0 Å². The summed E-state index contributed by atoms with van der Waals surface area (Å²) in [5.74, 6) is 0.739. The number of furan rings is 1. The first-order chi connectivity index (χ1) is 9.38. The van der Waals surface area contributed by atoms with Crippen molar-refractivity contribution < 1.29 is 12.8 Å². The molecule has 0 fully saturated rings. The third kappa shape index (κ3) is 3.62. The molecule has 1 heterocycles. The molecule has 2 aromatic rings. The molecule has 2 rings (SSSR count). The maximum absolute atomic E-state index is 12.3. The normalized spacial score (nSPS) is 13.3. The summed E-state index contributed by atoms with van der Waals surface area (Å²) < 4.78 is 32.5. The van der Waals surface area contributed by atoms with E-state index in [1.165, 1.54) is 6.07 Å². The summed E-state index contributed by atoms with van der Waals surface area (Å²) in [6.45, 7) is 3.53. The average molecular weight is 314 g/mol. The maximum Gasteiger partial charge on any atom is 0.241 e. The highest BCUT2D eigenvalue weighted by atomic mass is 35.5. The number of aryl methyl sites for hydroxylation is 1. The predicted octanol–water partition coefficient (Wildman–Crippen LogP) is 3.15. The fraction of sp³-hybridized carbons (Fsp3) is 0.286. The summed E-state index contributed by atoms with van der Waals surface area (Å²) in [4.78, 5) is 0.205. The summed E-state index contributed by atoms with van der Waals surface area (Å²) in [6.07, 6.45) is 2.06. The van der Waals surface area contributed by atoms with Crippen molar-refractivity contribution >= 4 is 21.6 Å². The molecule has 0 aliphatic rings. The van der Waals surface area contributed by atoms with Crippen LogP contribution in [0.4, 0.5) is 0 Å². The minimum Gasteiger partial charge on any atom is -0.469 e. The van der Waals surface area contributed by atoms with E-state index in [9.17, 15) is 8.42 Å². The van der Waals surface area contributed by atoms with Crippen LogP contribution in [0.2, 0.25) is 5.02 Å². The first kappa shape index (κ1) is 15.1. The molecule has 1 atom stereocenters. The number of hydrogen-bond donors (Lipinski definition) is 1. The van der Waals surface area contributed by atoms with Crippen LogP contribution < -0.4 is 4.72 Å². The molecule has 1 aromatic carbocycles. The Morgan fingerprint density at radius 3 is 2.75 bits per heavy atom. The zero-order chi connectivity index (χ0) is 14.8. The van der Waals surface area contributed by atoms with Crippen LogP contribution in [0.3, 0.4) is 0 Å². The molecule has 1 aromatic heterocycles. The van der Waals surface area contributed by atoms with Crippen molar-refractivity contribution in [3.05, 3.63) is 52.9 Å². The molecular formula is C14H16ClNO3S. The van der Waals surface area contributed by atoms with Gasteiger partial charge in [0.2, 0.25) is 10.0 Å². The smallest absolute Gasteiger partial charge is 0.241 e. The second kappa shape index (κ2) is 5.99. The predicted molar refractivity (Wildman–Crippen MR) is 78.4 cm³/mol. The van der Waals surface area contributed by atoms with Crippen molar-refractivity contribution in [2.45, 2.75) is 31.2 Å². The highest BCUT2D eigenvalue weighted by molar-refractivity contribution is 7.89. The summed E-state index contributed by atoms with van der Waals surface area (Å²) in [6, 6.07) is 8.13. The van der Waals surface area contributed by atoms with Crippen molar-refractivity contribution in [2.24, 2.45) is 0 Å². The van der Waals surface area contributed by atoms with Crippen LogP contribution in [0.25, 0.3) is 0 Å². The quantitative estimate of drug-likeness (QED) is 0.922. The Labute approximate surface area is 123 Å². The lowest BCUT2D eigenvalue weighted by atomic mass is 10.2. The summed E-state index contributed by atoms with van der Waals surface area (Å²) in [5, 5.41) is 0.398. The minimum absolute atomic E-state index is 0.205. The Hall–Kier alpha value is -1.30. The number of halogens is 1. The van der Waals surface area contributed by atoms with Gasteiger partial charge in [0.15, 0.2) is 0 Å². The molecule has 0 radical (unpaired) electrons. The van der Waals surface area contributed by atoms with Gasteiger partial charge in [-0.15, -0.1) is 0 Å². The van der Waals surface area contributed by atoms with Crippen LogP contribution in [-0.4, -0.2) is 14.5 Å². The number of nitrogens with one attached hydrogen (secondary N) is 1. The van der Waals surface area contributed by atoms with Crippen LogP contribution in [-0.2, 0) is 16.4 Å². The highest BCUT2D eigenvalue weighted by Gasteiger charge is 2.20. The monoisotopic (exact) mass is 313 g/mol.